The van der Waals surface area contributed by atoms with Crippen LogP contribution in [0, 0.1) is 11.6 Å². The summed E-state index contributed by atoms with van der Waals surface area (Å²) in [4.78, 5) is 7.67. The Kier molecular flexibility index (Phi) is 7.65. The van der Waals surface area contributed by atoms with Crippen LogP contribution in [-0.2, 0) is 11.4 Å². The molecule has 1 aliphatic rings. The van der Waals surface area contributed by atoms with Crippen LogP contribution >= 0.6 is 0 Å². The molecule has 33 heavy (non-hydrogen) atoms. The average molecular weight is 453 g/mol. The molecule has 3 aromatic rings. The van der Waals surface area contributed by atoms with Crippen LogP contribution in [0.3, 0.4) is 0 Å². The Morgan fingerprint density at radius 3 is 2.33 bits per heavy atom. The van der Waals surface area contributed by atoms with Crippen LogP contribution < -0.4 is 4.74 Å². The van der Waals surface area contributed by atoms with E-state index in [0.717, 1.165) is 16.8 Å². The number of ether oxygens (including phenoxy) is 1. The van der Waals surface area contributed by atoms with E-state index in [1.165, 1.54) is 24.3 Å². The molecule has 0 aromatic heterocycles. The molecule has 0 aliphatic carbocycles. The van der Waals surface area contributed by atoms with E-state index in [2.05, 4.69) is 5.16 Å². The second-order valence-electron chi connectivity index (χ2n) is 8.07. The third kappa shape index (κ3) is 6.84. The largest absolute Gasteiger partial charge is 0.491 e. The van der Waals surface area contributed by atoms with Gasteiger partial charge in [-0.15, -0.1) is 0 Å². The summed E-state index contributed by atoms with van der Waals surface area (Å²) in [5.41, 5.74) is 2.50. The summed E-state index contributed by atoms with van der Waals surface area (Å²) >= 11 is 0. The zero-order chi connectivity index (χ0) is 23.0. The second-order valence-corrected chi connectivity index (χ2v) is 8.07. The van der Waals surface area contributed by atoms with Crippen LogP contribution in [-0.4, -0.2) is 47.6 Å². The van der Waals surface area contributed by atoms with Crippen LogP contribution in [0.2, 0.25) is 0 Å². The number of para-hydroxylation sites is 1. The predicted octanol–water partition coefficient (Wildman–Crippen LogP) is 4.40. The summed E-state index contributed by atoms with van der Waals surface area (Å²) in [5.74, 6) is 0.100. The van der Waals surface area contributed by atoms with Gasteiger partial charge < -0.3 is 14.7 Å². The van der Waals surface area contributed by atoms with Gasteiger partial charge in [0.25, 0.3) is 0 Å². The highest BCUT2D eigenvalue weighted by Crippen LogP contribution is 2.19. The maximum atomic E-state index is 13.3. The lowest BCUT2D eigenvalue weighted by molar-refractivity contribution is 0.0213. The van der Waals surface area contributed by atoms with Gasteiger partial charge in [-0.3, -0.25) is 4.90 Å². The quantitative estimate of drug-likeness (QED) is 0.496. The zero-order valence-electron chi connectivity index (χ0n) is 18.1. The van der Waals surface area contributed by atoms with Crippen molar-refractivity contribution in [3.05, 3.63) is 102 Å². The fraction of sp³-hybridized carbons (Fsp3) is 0.269. The number of hydrogen-bond donors (Lipinski definition) is 1. The van der Waals surface area contributed by atoms with Gasteiger partial charge in [0.05, 0.1) is 5.71 Å². The minimum atomic E-state index is -0.732. The average Bonchev–Trinajstić information content (AvgIpc) is 3.29. The van der Waals surface area contributed by atoms with Gasteiger partial charge >= 0.3 is 0 Å². The van der Waals surface area contributed by atoms with Gasteiger partial charge in [-0.25, -0.2) is 8.78 Å². The van der Waals surface area contributed by atoms with E-state index < -0.39 is 6.10 Å². The Morgan fingerprint density at radius 1 is 0.970 bits per heavy atom. The van der Waals surface area contributed by atoms with Crippen molar-refractivity contribution in [2.24, 2.45) is 5.16 Å². The molecule has 172 valence electrons. The summed E-state index contributed by atoms with van der Waals surface area (Å²) in [6.07, 6.45) is -0.375. The number of rotatable bonds is 10. The summed E-state index contributed by atoms with van der Waals surface area (Å²) < 4.78 is 32.2. The Bertz CT molecular complexity index is 1040. The number of benzene rings is 3. The first-order valence-electron chi connectivity index (χ1n) is 10.9. The summed E-state index contributed by atoms with van der Waals surface area (Å²) in [6.45, 7) is 1.51. The topological polar surface area (TPSA) is 54.3 Å². The number of nitrogens with zero attached hydrogens (tertiary/aromatic N) is 2. The molecular formula is C26H26F2N2O3. The summed E-state index contributed by atoms with van der Waals surface area (Å²) in [7, 11) is 0. The molecule has 5 nitrogen and oxygen atoms in total. The smallest absolute Gasteiger partial charge is 0.145 e. The van der Waals surface area contributed by atoms with E-state index in [9.17, 15) is 13.9 Å². The first kappa shape index (κ1) is 22.9. The summed E-state index contributed by atoms with van der Waals surface area (Å²) in [5, 5.41) is 14.8. The lowest BCUT2D eigenvalue weighted by Gasteiger charge is -2.27. The molecule has 0 unspecified atom stereocenters. The number of oxime groups is 1. The van der Waals surface area contributed by atoms with E-state index in [1.807, 2.05) is 35.2 Å². The van der Waals surface area contributed by atoms with Gasteiger partial charge in [-0.2, -0.15) is 0 Å². The second kappa shape index (κ2) is 11.0. The van der Waals surface area contributed by atoms with Crippen molar-refractivity contribution in [2.75, 3.05) is 19.7 Å². The van der Waals surface area contributed by atoms with Gasteiger partial charge in [-0.05, 0) is 47.5 Å². The molecule has 3 aromatic carbocycles. The van der Waals surface area contributed by atoms with Gasteiger partial charge in [0, 0.05) is 26.1 Å². The van der Waals surface area contributed by atoms with Gasteiger partial charge in [-0.1, -0.05) is 47.6 Å². The Balaban J connectivity index is 1.37. The molecule has 0 radical (unpaired) electrons. The molecule has 1 aliphatic heterocycles. The van der Waals surface area contributed by atoms with Crippen LogP contribution in [0.4, 0.5) is 8.78 Å². The maximum Gasteiger partial charge on any atom is 0.145 e. The van der Waals surface area contributed by atoms with Crippen LogP contribution in [0.1, 0.15) is 17.5 Å². The van der Waals surface area contributed by atoms with Crippen molar-refractivity contribution < 1.29 is 23.5 Å². The molecule has 0 bridgehead atoms. The van der Waals surface area contributed by atoms with Crippen LogP contribution in [0.25, 0.3) is 0 Å². The van der Waals surface area contributed by atoms with Crippen molar-refractivity contribution in [1.29, 1.82) is 0 Å². The van der Waals surface area contributed by atoms with E-state index in [4.69, 9.17) is 9.57 Å². The molecule has 0 fully saturated rings. The number of aliphatic hydroxyl groups is 1. The van der Waals surface area contributed by atoms with Crippen LogP contribution in [0.15, 0.2) is 84.0 Å². The first-order valence-corrected chi connectivity index (χ1v) is 10.9. The Morgan fingerprint density at radius 2 is 1.64 bits per heavy atom. The SMILES string of the molecule is O[C@H](COc1ccccc1)CN(Cc1ccc(F)cc1)C[C@H]1CC(c2ccc(F)cc2)=NO1. The van der Waals surface area contributed by atoms with E-state index in [-0.39, 0.29) is 24.3 Å². The third-order valence-corrected chi connectivity index (χ3v) is 5.35. The highest BCUT2D eigenvalue weighted by molar-refractivity contribution is 6.01. The maximum absolute atomic E-state index is 13.3. The molecule has 4 rings (SSSR count). The van der Waals surface area contributed by atoms with Crippen molar-refractivity contribution in [1.82, 2.24) is 4.90 Å². The highest BCUT2D eigenvalue weighted by atomic mass is 19.1. The van der Waals surface area contributed by atoms with Crippen LogP contribution in [0.5, 0.6) is 5.75 Å². The minimum absolute atomic E-state index is 0.146. The molecule has 1 N–H and O–H groups in total. The lowest BCUT2D eigenvalue weighted by atomic mass is 10.0. The Hall–Kier alpha value is -3.29. The number of hydrogen-bond acceptors (Lipinski definition) is 5. The fourth-order valence-corrected chi connectivity index (χ4v) is 3.74. The molecule has 0 spiro atoms. The molecular weight excluding hydrogens is 426 g/mol. The zero-order valence-corrected chi connectivity index (χ0v) is 18.1. The standard InChI is InChI=1S/C26H26F2N2O3/c27-21-10-6-19(7-11-21)15-30(16-23(31)18-32-24-4-2-1-3-5-24)17-25-14-26(29-33-25)20-8-12-22(28)13-9-20/h1-13,23,25,31H,14-18H2/t23-,25+/m0/s1. The van der Waals surface area contributed by atoms with Gasteiger partial charge in [0.1, 0.15) is 36.2 Å². The molecule has 1 heterocycles. The molecule has 0 saturated heterocycles. The first-order chi connectivity index (χ1) is 16.0. The molecule has 0 amide bonds. The van der Waals surface area contributed by atoms with Crippen molar-refractivity contribution in [2.45, 2.75) is 25.2 Å². The lowest BCUT2D eigenvalue weighted by Crippen LogP contribution is -2.39. The van der Waals surface area contributed by atoms with E-state index >= 15 is 0 Å². The van der Waals surface area contributed by atoms with E-state index in [0.29, 0.717) is 31.8 Å². The number of aliphatic hydroxyl groups excluding tert-OH is 1. The van der Waals surface area contributed by atoms with Crippen molar-refractivity contribution >= 4 is 5.71 Å². The Labute approximate surface area is 191 Å². The van der Waals surface area contributed by atoms with Gasteiger partial charge in [0.15, 0.2) is 0 Å². The fourth-order valence-electron chi connectivity index (χ4n) is 3.74. The van der Waals surface area contributed by atoms with Crippen molar-refractivity contribution in [3.63, 3.8) is 0 Å². The third-order valence-electron chi connectivity index (χ3n) is 5.35. The normalized spacial score (nSPS) is 16.4. The highest BCUT2D eigenvalue weighted by Gasteiger charge is 2.26. The van der Waals surface area contributed by atoms with Gasteiger partial charge in [0.2, 0.25) is 0 Å². The number of halogens is 2. The van der Waals surface area contributed by atoms with Crippen molar-refractivity contribution in [3.8, 4) is 5.75 Å². The molecule has 2 atom stereocenters. The summed E-state index contributed by atoms with van der Waals surface area (Å²) in [6, 6.07) is 21.8. The minimum Gasteiger partial charge on any atom is -0.491 e. The molecule has 7 heteroatoms. The molecule has 0 saturated carbocycles. The predicted molar refractivity (Wildman–Crippen MR) is 122 cm³/mol. The van der Waals surface area contributed by atoms with E-state index in [1.54, 1.807) is 24.3 Å². The monoisotopic (exact) mass is 452 g/mol.